The minimum atomic E-state index is -5.70. The second-order valence-corrected chi connectivity index (χ2v) is 6.52. The molecule has 1 aromatic rings. The van der Waals surface area contributed by atoms with E-state index >= 15 is 0 Å². The molecular formula is C9H9F6NO3S2. The second kappa shape index (κ2) is 5.74. The van der Waals surface area contributed by atoms with Crippen LogP contribution in [0.4, 0.5) is 26.3 Å². The molecule has 1 rings (SSSR count). The van der Waals surface area contributed by atoms with Crippen molar-refractivity contribution in [3.8, 4) is 0 Å². The zero-order valence-corrected chi connectivity index (χ0v) is 11.6. The topological polar surface area (TPSA) is 80.4 Å². The normalized spacial score (nSPS) is 15.5. The monoisotopic (exact) mass is 357 g/mol. The molecule has 0 bridgehead atoms. The van der Waals surface area contributed by atoms with Gasteiger partial charge in [-0.3, -0.25) is 0 Å². The number of hydrogen-bond acceptors (Lipinski definition) is 4. The third-order valence-electron chi connectivity index (χ3n) is 2.60. The average molecular weight is 357 g/mol. The molecule has 0 aliphatic carbocycles. The van der Waals surface area contributed by atoms with Gasteiger partial charge in [-0.05, 0) is 11.4 Å². The Hall–Kier alpha value is -0.850. The maximum atomic E-state index is 12.7. The highest BCUT2D eigenvalue weighted by Gasteiger charge is 2.61. The Morgan fingerprint density at radius 2 is 1.67 bits per heavy atom. The Bertz CT molecular complexity index is 577. The van der Waals surface area contributed by atoms with Crippen molar-refractivity contribution in [1.82, 2.24) is 0 Å². The number of aliphatic hydroxyl groups excluding tert-OH is 1. The first kappa shape index (κ1) is 18.2. The largest absolute Gasteiger partial charge is 0.401 e. The van der Waals surface area contributed by atoms with E-state index < -0.39 is 50.6 Å². The fourth-order valence-electron chi connectivity index (χ4n) is 1.80. The van der Waals surface area contributed by atoms with Gasteiger partial charge in [0.05, 0.1) is 11.5 Å². The first-order valence-electron chi connectivity index (χ1n) is 5.14. The van der Waals surface area contributed by atoms with Gasteiger partial charge in [0.2, 0.25) is 10.0 Å². The number of sulfonamides is 1. The lowest BCUT2D eigenvalue weighted by atomic mass is 9.90. The SMILES string of the molecule is NS(=O)(=O)c1ccsc1C(CO)C(C(F)(F)F)C(F)(F)F. The lowest BCUT2D eigenvalue weighted by Crippen LogP contribution is -2.42. The summed E-state index contributed by atoms with van der Waals surface area (Å²) in [7, 11) is -4.51. The van der Waals surface area contributed by atoms with E-state index in [0.29, 0.717) is 11.3 Å². The lowest BCUT2D eigenvalue weighted by Gasteiger charge is -2.29. The van der Waals surface area contributed by atoms with Crippen LogP contribution >= 0.6 is 11.3 Å². The summed E-state index contributed by atoms with van der Waals surface area (Å²) in [4.78, 5) is -1.63. The highest BCUT2D eigenvalue weighted by molar-refractivity contribution is 7.89. The van der Waals surface area contributed by atoms with Gasteiger partial charge in [-0.1, -0.05) is 0 Å². The lowest BCUT2D eigenvalue weighted by molar-refractivity contribution is -0.292. The molecule has 0 amide bonds. The molecule has 1 unspecified atom stereocenters. The van der Waals surface area contributed by atoms with Crippen LogP contribution in [-0.2, 0) is 10.0 Å². The van der Waals surface area contributed by atoms with Crippen LogP contribution in [0.1, 0.15) is 10.8 Å². The fourth-order valence-corrected chi connectivity index (χ4v) is 3.98. The molecule has 0 saturated carbocycles. The molecule has 0 radical (unpaired) electrons. The quantitative estimate of drug-likeness (QED) is 0.811. The van der Waals surface area contributed by atoms with Crippen LogP contribution in [-0.4, -0.2) is 32.5 Å². The molecule has 0 spiro atoms. The first-order chi connectivity index (χ1) is 9.30. The van der Waals surface area contributed by atoms with Crippen molar-refractivity contribution in [2.75, 3.05) is 6.61 Å². The summed E-state index contributed by atoms with van der Waals surface area (Å²) in [6.07, 6.45) is -11.4. The third kappa shape index (κ3) is 4.08. The van der Waals surface area contributed by atoms with Gasteiger partial charge in [0.1, 0.15) is 0 Å². The maximum absolute atomic E-state index is 12.7. The van der Waals surface area contributed by atoms with Crippen molar-refractivity contribution < 1.29 is 39.9 Å². The molecule has 1 heterocycles. The molecule has 0 fully saturated rings. The van der Waals surface area contributed by atoms with E-state index in [1.54, 1.807) is 0 Å². The Kier molecular flexibility index (Phi) is 4.98. The molecule has 0 aliphatic heterocycles. The molecular weight excluding hydrogens is 348 g/mol. The Morgan fingerprint density at radius 3 is 2.00 bits per heavy atom. The summed E-state index contributed by atoms with van der Waals surface area (Å²) in [6.45, 7) is -1.53. The summed E-state index contributed by atoms with van der Waals surface area (Å²) < 4.78 is 98.4. The zero-order valence-electron chi connectivity index (χ0n) is 9.94. The highest BCUT2D eigenvalue weighted by Crippen LogP contribution is 2.49. The summed E-state index contributed by atoms with van der Waals surface area (Å²) >= 11 is 0.350. The predicted octanol–water partition coefficient (Wildman–Crippen LogP) is 2.21. The summed E-state index contributed by atoms with van der Waals surface area (Å²) in [5.74, 6) is -6.40. The standard InChI is InChI=1S/C9H9F6NO3S2/c10-8(11,12)7(9(13,14)15)4(3-17)6-5(1-2-20-6)21(16,18)19/h1-2,4,7,17H,3H2,(H2,16,18,19). The summed E-state index contributed by atoms with van der Waals surface area (Å²) in [5, 5.41) is 14.7. The number of halogens is 6. The Morgan fingerprint density at radius 1 is 1.19 bits per heavy atom. The van der Waals surface area contributed by atoms with E-state index in [-0.39, 0.29) is 0 Å². The smallest absolute Gasteiger partial charge is 0.396 e. The van der Waals surface area contributed by atoms with Crippen LogP contribution in [0.5, 0.6) is 0 Å². The van der Waals surface area contributed by atoms with Gasteiger partial charge in [-0.2, -0.15) is 26.3 Å². The van der Waals surface area contributed by atoms with Gasteiger partial charge in [-0.15, -0.1) is 11.3 Å². The van der Waals surface area contributed by atoms with E-state index in [9.17, 15) is 34.8 Å². The highest BCUT2D eigenvalue weighted by atomic mass is 32.2. The van der Waals surface area contributed by atoms with Crippen LogP contribution in [0.25, 0.3) is 0 Å². The third-order valence-corrected chi connectivity index (χ3v) is 4.75. The molecule has 12 heteroatoms. The van der Waals surface area contributed by atoms with Crippen molar-refractivity contribution in [3.05, 3.63) is 16.3 Å². The van der Waals surface area contributed by atoms with Crippen LogP contribution in [0.2, 0.25) is 0 Å². The average Bonchev–Trinajstić information content (AvgIpc) is 2.69. The predicted molar refractivity (Wildman–Crippen MR) is 61.1 cm³/mol. The van der Waals surface area contributed by atoms with Crippen molar-refractivity contribution in [1.29, 1.82) is 0 Å². The number of aliphatic hydroxyl groups is 1. The van der Waals surface area contributed by atoms with Gasteiger partial charge in [0.15, 0.2) is 5.92 Å². The number of thiophene rings is 1. The van der Waals surface area contributed by atoms with E-state index in [2.05, 4.69) is 0 Å². The number of rotatable bonds is 4. The molecule has 1 aromatic heterocycles. The van der Waals surface area contributed by atoms with Crippen LogP contribution in [0.15, 0.2) is 16.3 Å². The van der Waals surface area contributed by atoms with E-state index in [1.165, 1.54) is 0 Å². The molecule has 0 saturated heterocycles. The Balaban J connectivity index is 3.46. The molecule has 122 valence electrons. The van der Waals surface area contributed by atoms with Crippen molar-refractivity contribution >= 4 is 21.4 Å². The molecule has 0 aliphatic rings. The second-order valence-electron chi connectivity index (χ2n) is 4.04. The van der Waals surface area contributed by atoms with Crippen molar-refractivity contribution in [2.45, 2.75) is 23.2 Å². The number of hydrogen-bond donors (Lipinski definition) is 2. The van der Waals surface area contributed by atoms with Gasteiger partial charge >= 0.3 is 12.4 Å². The molecule has 21 heavy (non-hydrogen) atoms. The molecule has 3 N–H and O–H groups in total. The van der Waals surface area contributed by atoms with Crippen LogP contribution in [0.3, 0.4) is 0 Å². The minimum Gasteiger partial charge on any atom is -0.396 e. The zero-order chi connectivity index (χ0) is 16.6. The van der Waals surface area contributed by atoms with Crippen LogP contribution in [0, 0.1) is 5.92 Å². The molecule has 1 atom stereocenters. The number of primary sulfonamides is 1. The summed E-state index contributed by atoms with van der Waals surface area (Å²) in [6, 6.07) is 0.793. The summed E-state index contributed by atoms with van der Waals surface area (Å²) in [5.41, 5.74) is 0. The molecule has 0 aromatic carbocycles. The van der Waals surface area contributed by atoms with E-state index in [1.807, 2.05) is 0 Å². The van der Waals surface area contributed by atoms with Gasteiger partial charge in [-0.25, -0.2) is 13.6 Å². The van der Waals surface area contributed by atoms with Crippen LogP contribution < -0.4 is 5.14 Å². The van der Waals surface area contributed by atoms with E-state index in [4.69, 9.17) is 10.2 Å². The van der Waals surface area contributed by atoms with Gasteiger partial charge < -0.3 is 5.11 Å². The number of alkyl halides is 6. The number of nitrogens with two attached hydrogens (primary N) is 1. The van der Waals surface area contributed by atoms with E-state index in [0.717, 1.165) is 11.4 Å². The fraction of sp³-hybridized carbons (Fsp3) is 0.556. The van der Waals surface area contributed by atoms with Crippen molar-refractivity contribution in [2.24, 2.45) is 11.1 Å². The first-order valence-corrected chi connectivity index (χ1v) is 7.57. The van der Waals surface area contributed by atoms with Gasteiger partial charge in [0.25, 0.3) is 0 Å². The van der Waals surface area contributed by atoms with Gasteiger partial charge in [0, 0.05) is 10.8 Å². The Labute approximate surface area is 119 Å². The minimum absolute atomic E-state index is 0.350. The maximum Gasteiger partial charge on any atom is 0.401 e. The molecule has 4 nitrogen and oxygen atoms in total. The van der Waals surface area contributed by atoms with Crippen molar-refractivity contribution in [3.63, 3.8) is 0 Å².